The van der Waals surface area contributed by atoms with Gasteiger partial charge in [-0.1, -0.05) is 18.2 Å². The number of amides is 2. The van der Waals surface area contributed by atoms with E-state index in [0.717, 1.165) is 19.3 Å². The predicted molar refractivity (Wildman–Crippen MR) is 86.2 cm³/mol. The highest BCUT2D eigenvalue weighted by molar-refractivity contribution is 8.01. The number of carbonyl (C=O) groups is 2. The van der Waals surface area contributed by atoms with Gasteiger partial charge in [-0.05, 0) is 32.3 Å². The second-order valence-corrected chi connectivity index (χ2v) is 8.32. The fourth-order valence-electron chi connectivity index (χ4n) is 3.77. The molecular weight excluding hydrogens is 315 g/mol. The molecule has 2 saturated heterocycles. The van der Waals surface area contributed by atoms with Crippen molar-refractivity contribution < 1.29 is 14.0 Å². The van der Waals surface area contributed by atoms with E-state index in [9.17, 15) is 14.0 Å². The molecule has 0 bridgehead atoms. The van der Waals surface area contributed by atoms with Gasteiger partial charge < -0.3 is 10.2 Å². The first kappa shape index (κ1) is 15.0. The van der Waals surface area contributed by atoms with Gasteiger partial charge in [-0.2, -0.15) is 0 Å². The summed E-state index contributed by atoms with van der Waals surface area (Å²) in [6.07, 6.45) is 2.78. The molecule has 0 spiro atoms. The summed E-state index contributed by atoms with van der Waals surface area (Å²) in [5.41, 5.74) is -0.0380. The molecule has 3 aliphatic rings. The standard InChI is InChI=1S/C17H19FN2O2S/c1-16-7-6-14(21)20(16)13(10-23-16)15(22)19-17(8-9-17)11-4-2-3-5-12(11)18/h2-5,13H,6-10H2,1H3,(H,19,22)/t13-,16-/m1/s1. The van der Waals surface area contributed by atoms with Crippen molar-refractivity contribution in [2.45, 2.75) is 49.1 Å². The third-order valence-electron chi connectivity index (χ3n) is 5.25. The van der Waals surface area contributed by atoms with Crippen molar-refractivity contribution >= 4 is 23.6 Å². The van der Waals surface area contributed by atoms with Crippen LogP contribution in [0.15, 0.2) is 24.3 Å². The molecule has 2 atom stereocenters. The summed E-state index contributed by atoms with van der Waals surface area (Å²) in [4.78, 5) is 26.4. The lowest BCUT2D eigenvalue weighted by molar-refractivity contribution is -0.138. The Morgan fingerprint density at radius 2 is 2.09 bits per heavy atom. The minimum Gasteiger partial charge on any atom is -0.345 e. The average Bonchev–Trinajstić information content (AvgIpc) is 3.11. The second kappa shape index (κ2) is 4.97. The number of carbonyl (C=O) groups excluding carboxylic acids is 2. The maximum absolute atomic E-state index is 14.1. The van der Waals surface area contributed by atoms with E-state index in [2.05, 4.69) is 5.32 Å². The first-order valence-corrected chi connectivity index (χ1v) is 8.97. The van der Waals surface area contributed by atoms with Crippen LogP contribution in [0.4, 0.5) is 4.39 Å². The molecule has 1 saturated carbocycles. The van der Waals surface area contributed by atoms with E-state index >= 15 is 0 Å². The Balaban J connectivity index is 1.55. The third kappa shape index (κ3) is 2.26. The highest BCUT2D eigenvalue weighted by Crippen LogP contribution is 2.49. The Morgan fingerprint density at radius 3 is 2.78 bits per heavy atom. The Kier molecular flexibility index (Phi) is 3.24. The summed E-state index contributed by atoms with van der Waals surface area (Å²) in [5, 5.41) is 3.03. The number of benzene rings is 1. The van der Waals surface area contributed by atoms with Gasteiger partial charge in [0.1, 0.15) is 11.9 Å². The Labute approximate surface area is 138 Å². The van der Waals surface area contributed by atoms with Crippen LogP contribution in [0.5, 0.6) is 0 Å². The van der Waals surface area contributed by atoms with E-state index in [4.69, 9.17) is 0 Å². The normalized spacial score (nSPS) is 31.1. The number of hydrogen-bond acceptors (Lipinski definition) is 3. The Bertz CT molecular complexity index is 691. The van der Waals surface area contributed by atoms with Crippen LogP contribution in [-0.2, 0) is 15.1 Å². The smallest absolute Gasteiger partial charge is 0.244 e. The zero-order valence-corrected chi connectivity index (χ0v) is 13.8. The average molecular weight is 334 g/mol. The van der Waals surface area contributed by atoms with Gasteiger partial charge in [-0.3, -0.25) is 9.59 Å². The first-order chi connectivity index (χ1) is 11.0. The highest BCUT2D eigenvalue weighted by Gasteiger charge is 2.55. The molecule has 1 aromatic rings. The van der Waals surface area contributed by atoms with Crippen molar-refractivity contribution in [3.63, 3.8) is 0 Å². The highest BCUT2D eigenvalue weighted by atomic mass is 32.2. The zero-order valence-electron chi connectivity index (χ0n) is 13.0. The number of nitrogens with zero attached hydrogens (tertiary/aromatic N) is 1. The van der Waals surface area contributed by atoms with Crippen LogP contribution >= 0.6 is 11.8 Å². The number of hydrogen-bond donors (Lipinski definition) is 1. The van der Waals surface area contributed by atoms with Crippen LogP contribution in [0.25, 0.3) is 0 Å². The Morgan fingerprint density at radius 1 is 1.35 bits per heavy atom. The van der Waals surface area contributed by atoms with Gasteiger partial charge in [-0.25, -0.2) is 4.39 Å². The molecule has 4 nitrogen and oxygen atoms in total. The molecule has 1 N–H and O–H groups in total. The van der Waals surface area contributed by atoms with Gasteiger partial charge in [0.25, 0.3) is 0 Å². The van der Waals surface area contributed by atoms with E-state index in [0.29, 0.717) is 17.7 Å². The molecule has 4 rings (SSSR count). The molecule has 0 radical (unpaired) electrons. The topological polar surface area (TPSA) is 49.4 Å². The van der Waals surface area contributed by atoms with Gasteiger partial charge in [0.2, 0.25) is 11.8 Å². The largest absolute Gasteiger partial charge is 0.345 e. The first-order valence-electron chi connectivity index (χ1n) is 7.98. The maximum atomic E-state index is 14.1. The molecule has 2 heterocycles. The molecular formula is C17H19FN2O2S. The lowest BCUT2D eigenvalue weighted by Gasteiger charge is -2.31. The minimum absolute atomic E-state index is 0.0494. The lowest BCUT2D eigenvalue weighted by Crippen LogP contribution is -2.52. The minimum atomic E-state index is -0.588. The van der Waals surface area contributed by atoms with Crippen LogP contribution in [0.2, 0.25) is 0 Å². The van der Waals surface area contributed by atoms with E-state index < -0.39 is 11.6 Å². The van der Waals surface area contributed by atoms with Crippen molar-refractivity contribution in [2.75, 3.05) is 5.75 Å². The molecule has 2 aliphatic heterocycles. The lowest BCUT2D eigenvalue weighted by atomic mass is 10.0. The van der Waals surface area contributed by atoms with Crippen molar-refractivity contribution in [2.24, 2.45) is 0 Å². The number of thioether (sulfide) groups is 1. The predicted octanol–water partition coefficient (Wildman–Crippen LogP) is 2.38. The van der Waals surface area contributed by atoms with E-state index in [1.54, 1.807) is 34.9 Å². The molecule has 3 fully saturated rings. The third-order valence-corrected chi connectivity index (χ3v) is 6.75. The molecule has 0 aromatic heterocycles. The maximum Gasteiger partial charge on any atom is 0.244 e. The number of fused-ring (bicyclic) bond motifs is 1. The summed E-state index contributed by atoms with van der Waals surface area (Å²) in [7, 11) is 0. The molecule has 2 amide bonds. The monoisotopic (exact) mass is 334 g/mol. The van der Waals surface area contributed by atoms with Crippen LogP contribution in [0, 0.1) is 5.82 Å². The van der Waals surface area contributed by atoms with Crippen LogP contribution < -0.4 is 5.32 Å². The van der Waals surface area contributed by atoms with E-state index in [-0.39, 0.29) is 22.5 Å². The van der Waals surface area contributed by atoms with Crippen molar-refractivity contribution in [3.8, 4) is 0 Å². The van der Waals surface area contributed by atoms with Crippen molar-refractivity contribution in [1.29, 1.82) is 0 Å². The van der Waals surface area contributed by atoms with Crippen LogP contribution in [0.3, 0.4) is 0 Å². The van der Waals surface area contributed by atoms with Crippen molar-refractivity contribution in [1.82, 2.24) is 10.2 Å². The van der Waals surface area contributed by atoms with Gasteiger partial charge in [0.15, 0.2) is 0 Å². The van der Waals surface area contributed by atoms with Gasteiger partial charge in [0, 0.05) is 17.7 Å². The van der Waals surface area contributed by atoms with Crippen molar-refractivity contribution in [3.05, 3.63) is 35.6 Å². The molecule has 23 heavy (non-hydrogen) atoms. The molecule has 1 aliphatic carbocycles. The summed E-state index contributed by atoms with van der Waals surface area (Å²) < 4.78 is 14.1. The van der Waals surface area contributed by atoms with Crippen LogP contribution in [-0.4, -0.2) is 33.4 Å². The molecule has 1 aromatic carbocycles. The number of halogens is 1. The summed E-state index contributed by atoms with van der Waals surface area (Å²) in [6.45, 7) is 2.03. The quantitative estimate of drug-likeness (QED) is 0.923. The number of nitrogens with one attached hydrogen (secondary N) is 1. The summed E-state index contributed by atoms with van der Waals surface area (Å²) >= 11 is 1.67. The van der Waals surface area contributed by atoms with Crippen LogP contribution in [0.1, 0.15) is 38.2 Å². The summed E-state index contributed by atoms with van der Waals surface area (Å²) in [6, 6.07) is 6.16. The van der Waals surface area contributed by atoms with Gasteiger partial charge in [-0.15, -0.1) is 11.8 Å². The molecule has 6 heteroatoms. The second-order valence-electron chi connectivity index (χ2n) is 6.82. The number of rotatable bonds is 3. The zero-order chi connectivity index (χ0) is 16.2. The fraction of sp³-hybridized carbons (Fsp3) is 0.529. The molecule has 122 valence electrons. The Hall–Kier alpha value is -1.56. The summed E-state index contributed by atoms with van der Waals surface area (Å²) in [5.74, 6) is 0.223. The van der Waals surface area contributed by atoms with Gasteiger partial charge >= 0.3 is 0 Å². The van der Waals surface area contributed by atoms with Gasteiger partial charge in [0.05, 0.1) is 10.4 Å². The SMILES string of the molecule is C[C@@]12CCC(=O)N1[C@@H](C(=O)NC1(c3ccccc3F)CC1)CS2. The van der Waals surface area contributed by atoms with E-state index in [1.165, 1.54) is 6.07 Å². The van der Waals surface area contributed by atoms with E-state index in [1.807, 2.05) is 6.92 Å². The fourth-order valence-corrected chi connectivity index (χ4v) is 5.20. The molecule has 0 unspecified atom stereocenters.